The second-order valence-electron chi connectivity index (χ2n) is 4.62. The lowest BCUT2D eigenvalue weighted by Gasteiger charge is -2.16. The molecule has 1 rings (SSSR count). The number of rotatable bonds is 9. The van der Waals surface area contributed by atoms with Gasteiger partial charge >= 0.3 is 0 Å². The minimum Gasteiger partial charge on any atom is -0.315 e. The van der Waals surface area contributed by atoms with E-state index >= 15 is 0 Å². The summed E-state index contributed by atoms with van der Waals surface area (Å²) in [5.74, 6) is 0. The Bertz CT molecular complexity index is 274. The van der Waals surface area contributed by atoms with E-state index in [-0.39, 0.29) is 0 Å². The van der Waals surface area contributed by atoms with Crippen LogP contribution in [-0.2, 0) is 6.54 Å². The van der Waals surface area contributed by atoms with Crippen LogP contribution in [0.2, 0.25) is 0 Å². The Kier molecular flexibility index (Phi) is 7.35. The van der Waals surface area contributed by atoms with Gasteiger partial charge in [-0.1, -0.05) is 0 Å². The summed E-state index contributed by atoms with van der Waals surface area (Å²) >= 11 is 1.66. The van der Waals surface area contributed by atoms with Crippen molar-refractivity contribution in [1.82, 2.24) is 20.1 Å². The summed E-state index contributed by atoms with van der Waals surface area (Å²) in [5, 5.41) is 5.58. The van der Waals surface area contributed by atoms with Crippen LogP contribution in [0.15, 0.2) is 10.9 Å². The molecule has 0 spiro atoms. The Morgan fingerprint density at radius 3 is 2.71 bits per heavy atom. The summed E-state index contributed by atoms with van der Waals surface area (Å²) in [7, 11) is 6.37. The first-order valence-corrected chi connectivity index (χ1v) is 7.04. The van der Waals surface area contributed by atoms with Crippen LogP contribution in [0.3, 0.4) is 0 Å². The molecule has 0 aromatic carbocycles. The zero-order valence-corrected chi connectivity index (χ0v) is 12.0. The Morgan fingerprint density at radius 2 is 2.06 bits per heavy atom. The molecular formula is C12H24N4S. The fraction of sp³-hybridized carbons (Fsp3) is 0.750. The van der Waals surface area contributed by atoms with Gasteiger partial charge in [-0.05, 0) is 40.7 Å². The number of thiazole rings is 1. The summed E-state index contributed by atoms with van der Waals surface area (Å²) in [4.78, 5) is 8.80. The third-order valence-electron chi connectivity index (χ3n) is 2.54. The molecule has 1 aromatic heterocycles. The van der Waals surface area contributed by atoms with E-state index in [1.54, 1.807) is 11.3 Å². The summed E-state index contributed by atoms with van der Waals surface area (Å²) in [5.41, 5.74) is 3.06. The summed E-state index contributed by atoms with van der Waals surface area (Å²) in [6.07, 6.45) is 1.21. The molecule has 0 aliphatic heterocycles. The fourth-order valence-corrected chi connectivity index (χ4v) is 2.14. The zero-order chi connectivity index (χ0) is 12.5. The second-order valence-corrected chi connectivity index (χ2v) is 5.34. The van der Waals surface area contributed by atoms with Gasteiger partial charge in [0.1, 0.15) is 0 Å². The highest BCUT2D eigenvalue weighted by molar-refractivity contribution is 7.07. The molecule has 1 N–H and O–H groups in total. The number of hydrogen-bond donors (Lipinski definition) is 1. The molecule has 0 saturated heterocycles. The first-order valence-electron chi connectivity index (χ1n) is 6.09. The van der Waals surface area contributed by atoms with Crippen molar-refractivity contribution in [3.05, 3.63) is 16.6 Å². The molecule has 0 atom stereocenters. The average Bonchev–Trinajstić information content (AvgIpc) is 2.75. The van der Waals surface area contributed by atoms with Gasteiger partial charge in [-0.2, -0.15) is 0 Å². The molecule has 0 amide bonds. The Balaban J connectivity index is 1.95. The van der Waals surface area contributed by atoms with Crippen LogP contribution in [0.1, 0.15) is 12.1 Å². The second kappa shape index (κ2) is 8.58. The summed E-state index contributed by atoms with van der Waals surface area (Å²) < 4.78 is 0. The smallest absolute Gasteiger partial charge is 0.0795 e. The lowest BCUT2D eigenvalue weighted by Crippen LogP contribution is -2.30. The molecule has 0 radical (unpaired) electrons. The first-order chi connectivity index (χ1) is 8.18. The lowest BCUT2D eigenvalue weighted by atomic mass is 10.4. The van der Waals surface area contributed by atoms with Gasteiger partial charge in [-0.3, -0.25) is 4.90 Å². The predicted octanol–water partition coefficient (Wildman–Crippen LogP) is 1.12. The lowest BCUT2D eigenvalue weighted by molar-refractivity contribution is 0.318. The van der Waals surface area contributed by atoms with Crippen molar-refractivity contribution in [3.8, 4) is 0 Å². The summed E-state index contributed by atoms with van der Waals surface area (Å²) in [6, 6.07) is 0. The van der Waals surface area contributed by atoms with Crippen molar-refractivity contribution in [2.75, 3.05) is 47.3 Å². The van der Waals surface area contributed by atoms with Gasteiger partial charge in [0.2, 0.25) is 0 Å². The quantitative estimate of drug-likeness (QED) is 0.671. The topological polar surface area (TPSA) is 31.4 Å². The number of aromatic nitrogens is 1. The predicted molar refractivity (Wildman–Crippen MR) is 74.5 cm³/mol. The van der Waals surface area contributed by atoms with Crippen molar-refractivity contribution < 1.29 is 0 Å². The van der Waals surface area contributed by atoms with Crippen molar-refractivity contribution in [2.45, 2.75) is 13.0 Å². The van der Waals surface area contributed by atoms with Gasteiger partial charge < -0.3 is 10.2 Å². The molecule has 0 fully saturated rings. The maximum absolute atomic E-state index is 4.28. The molecule has 1 heterocycles. The molecule has 0 aliphatic rings. The van der Waals surface area contributed by atoms with Gasteiger partial charge in [0.05, 0.1) is 11.2 Å². The normalized spacial score (nSPS) is 11.6. The van der Waals surface area contributed by atoms with Crippen LogP contribution >= 0.6 is 11.3 Å². The minimum atomic E-state index is 0.947. The van der Waals surface area contributed by atoms with E-state index < -0.39 is 0 Å². The van der Waals surface area contributed by atoms with Crippen molar-refractivity contribution in [2.24, 2.45) is 0 Å². The number of hydrogen-bond acceptors (Lipinski definition) is 5. The largest absolute Gasteiger partial charge is 0.315 e. The molecule has 0 saturated carbocycles. The van der Waals surface area contributed by atoms with Crippen LogP contribution in [0.4, 0.5) is 0 Å². The maximum Gasteiger partial charge on any atom is 0.0795 e. The molecule has 98 valence electrons. The summed E-state index contributed by atoms with van der Waals surface area (Å²) in [6.45, 7) is 5.32. The number of nitrogens with zero attached hydrogens (tertiary/aromatic N) is 3. The van der Waals surface area contributed by atoms with Gasteiger partial charge in [-0.25, -0.2) is 4.98 Å². The molecule has 0 aliphatic carbocycles. The molecule has 17 heavy (non-hydrogen) atoms. The van der Waals surface area contributed by atoms with E-state index in [9.17, 15) is 0 Å². The fourth-order valence-electron chi connectivity index (χ4n) is 1.59. The van der Waals surface area contributed by atoms with Crippen LogP contribution in [0.25, 0.3) is 0 Å². The van der Waals surface area contributed by atoms with E-state index in [1.807, 2.05) is 5.51 Å². The van der Waals surface area contributed by atoms with Crippen LogP contribution in [0, 0.1) is 0 Å². The first kappa shape index (κ1) is 14.6. The van der Waals surface area contributed by atoms with Crippen molar-refractivity contribution >= 4 is 11.3 Å². The highest BCUT2D eigenvalue weighted by atomic mass is 32.1. The van der Waals surface area contributed by atoms with Crippen LogP contribution in [-0.4, -0.2) is 62.1 Å². The SMILES string of the molecule is CN(C)CCCNCCN(C)Cc1cscn1. The number of likely N-dealkylation sites (N-methyl/N-ethyl adjacent to an activating group) is 1. The Hall–Kier alpha value is -0.490. The minimum absolute atomic E-state index is 0.947. The van der Waals surface area contributed by atoms with E-state index in [1.165, 1.54) is 12.1 Å². The van der Waals surface area contributed by atoms with Gasteiger partial charge in [-0.15, -0.1) is 11.3 Å². The monoisotopic (exact) mass is 256 g/mol. The van der Waals surface area contributed by atoms with Crippen LogP contribution in [0.5, 0.6) is 0 Å². The third kappa shape index (κ3) is 7.44. The number of nitrogens with one attached hydrogen (secondary N) is 1. The van der Waals surface area contributed by atoms with E-state index in [2.05, 4.69) is 46.6 Å². The highest BCUT2D eigenvalue weighted by Crippen LogP contribution is 2.03. The molecule has 0 unspecified atom stereocenters. The van der Waals surface area contributed by atoms with Crippen molar-refractivity contribution in [3.63, 3.8) is 0 Å². The maximum atomic E-state index is 4.28. The Labute approximate surface area is 109 Å². The molecule has 4 nitrogen and oxygen atoms in total. The van der Waals surface area contributed by atoms with Gasteiger partial charge in [0, 0.05) is 25.0 Å². The van der Waals surface area contributed by atoms with Crippen LogP contribution < -0.4 is 5.32 Å². The standard InChI is InChI=1S/C12H24N4S/c1-15(2)7-4-5-13-6-8-16(3)9-12-10-17-11-14-12/h10-11,13H,4-9H2,1-3H3. The van der Waals surface area contributed by atoms with E-state index in [0.29, 0.717) is 0 Å². The van der Waals surface area contributed by atoms with E-state index in [4.69, 9.17) is 0 Å². The molecule has 0 bridgehead atoms. The zero-order valence-electron chi connectivity index (χ0n) is 11.1. The van der Waals surface area contributed by atoms with Crippen molar-refractivity contribution in [1.29, 1.82) is 0 Å². The molecular weight excluding hydrogens is 232 g/mol. The van der Waals surface area contributed by atoms with E-state index in [0.717, 1.165) is 32.7 Å². The highest BCUT2D eigenvalue weighted by Gasteiger charge is 2.01. The Morgan fingerprint density at radius 1 is 1.24 bits per heavy atom. The van der Waals surface area contributed by atoms with Gasteiger partial charge in [0.15, 0.2) is 0 Å². The average molecular weight is 256 g/mol. The molecule has 5 heteroatoms. The third-order valence-corrected chi connectivity index (χ3v) is 3.18. The van der Waals surface area contributed by atoms with Gasteiger partial charge in [0.25, 0.3) is 0 Å². The molecule has 1 aromatic rings.